The first-order valence-electron chi connectivity index (χ1n) is 8.92. The van der Waals surface area contributed by atoms with Crippen molar-refractivity contribution in [1.29, 1.82) is 0 Å². The second-order valence-electron chi connectivity index (χ2n) is 7.09. The molecule has 0 aromatic heterocycles. The van der Waals surface area contributed by atoms with Gasteiger partial charge in [0.2, 0.25) is 15.9 Å². The van der Waals surface area contributed by atoms with Gasteiger partial charge in [-0.1, -0.05) is 6.42 Å². The fourth-order valence-corrected chi connectivity index (χ4v) is 5.11. The van der Waals surface area contributed by atoms with E-state index in [1.807, 2.05) is 0 Å². The molecule has 0 unspecified atom stereocenters. The number of carbonyl (C=O) groups excluding carboxylic acids is 1. The van der Waals surface area contributed by atoms with Crippen LogP contribution in [-0.4, -0.2) is 74.5 Å². The molecule has 1 aliphatic heterocycles. The molecule has 1 saturated carbocycles. The molecule has 2 aliphatic rings. The van der Waals surface area contributed by atoms with E-state index in [0.29, 0.717) is 19.7 Å². The minimum atomic E-state index is -3.71. The van der Waals surface area contributed by atoms with E-state index in [-0.39, 0.29) is 29.5 Å². The van der Waals surface area contributed by atoms with Gasteiger partial charge in [0.15, 0.2) is 0 Å². The SMILES string of the molecule is COCC1(C(=O)N2CCN(S(=O)(=O)c3ccc(C(=O)O)cc3)CC2)CCC1. The maximum absolute atomic E-state index is 12.8. The first kappa shape index (κ1) is 19.8. The van der Waals surface area contributed by atoms with Gasteiger partial charge in [-0.2, -0.15) is 4.31 Å². The highest BCUT2D eigenvalue weighted by Gasteiger charge is 2.47. The predicted molar refractivity (Wildman–Crippen MR) is 96.9 cm³/mol. The Morgan fingerprint density at radius 3 is 2.15 bits per heavy atom. The Balaban J connectivity index is 1.66. The monoisotopic (exact) mass is 396 g/mol. The van der Waals surface area contributed by atoms with E-state index < -0.39 is 21.4 Å². The van der Waals surface area contributed by atoms with Crippen LogP contribution in [-0.2, 0) is 19.6 Å². The molecule has 2 fully saturated rings. The number of rotatable bonds is 6. The molecule has 1 aromatic rings. The summed E-state index contributed by atoms with van der Waals surface area (Å²) in [4.78, 5) is 25.5. The third kappa shape index (κ3) is 3.71. The summed E-state index contributed by atoms with van der Waals surface area (Å²) in [6, 6.07) is 5.16. The van der Waals surface area contributed by atoms with Crippen molar-refractivity contribution in [3.05, 3.63) is 29.8 Å². The minimum absolute atomic E-state index is 0.0355. The molecule has 1 heterocycles. The van der Waals surface area contributed by atoms with E-state index in [0.717, 1.165) is 19.3 Å². The average Bonchev–Trinajstić information content (AvgIpc) is 2.64. The Hall–Kier alpha value is -1.97. The van der Waals surface area contributed by atoms with Gasteiger partial charge in [-0.25, -0.2) is 13.2 Å². The van der Waals surface area contributed by atoms with Crippen molar-refractivity contribution in [3.63, 3.8) is 0 Å². The zero-order chi connectivity index (χ0) is 19.7. The van der Waals surface area contributed by atoms with Crippen LogP contribution in [0.3, 0.4) is 0 Å². The number of nitrogens with zero attached hydrogens (tertiary/aromatic N) is 2. The highest BCUT2D eigenvalue weighted by molar-refractivity contribution is 7.89. The molecule has 1 saturated heterocycles. The van der Waals surface area contributed by atoms with Crippen molar-refractivity contribution in [1.82, 2.24) is 9.21 Å². The lowest BCUT2D eigenvalue weighted by Crippen LogP contribution is -2.57. The Morgan fingerprint density at radius 2 is 1.70 bits per heavy atom. The molecule has 8 nitrogen and oxygen atoms in total. The molecular weight excluding hydrogens is 372 g/mol. The highest BCUT2D eigenvalue weighted by Crippen LogP contribution is 2.43. The molecule has 1 aliphatic carbocycles. The van der Waals surface area contributed by atoms with Crippen molar-refractivity contribution in [2.45, 2.75) is 24.2 Å². The maximum Gasteiger partial charge on any atom is 0.335 e. The Labute approximate surface area is 158 Å². The standard InChI is InChI=1S/C18H24N2O6S/c1-26-13-18(7-2-8-18)17(23)19-9-11-20(12-10-19)27(24,25)15-5-3-14(4-6-15)16(21)22/h3-6H,2,7-13H2,1H3,(H,21,22). The molecule has 1 N–H and O–H groups in total. The molecule has 0 radical (unpaired) electrons. The van der Waals surface area contributed by atoms with Gasteiger partial charge in [0.25, 0.3) is 0 Å². The normalized spacial score (nSPS) is 20.1. The molecule has 3 rings (SSSR count). The number of carbonyl (C=O) groups is 2. The fraction of sp³-hybridized carbons (Fsp3) is 0.556. The summed E-state index contributed by atoms with van der Waals surface area (Å²) in [6.45, 7) is 1.53. The molecule has 1 amide bonds. The van der Waals surface area contributed by atoms with E-state index in [4.69, 9.17) is 9.84 Å². The first-order chi connectivity index (χ1) is 12.8. The smallest absolute Gasteiger partial charge is 0.335 e. The van der Waals surface area contributed by atoms with Gasteiger partial charge < -0.3 is 14.7 Å². The molecule has 0 atom stereocenters. The van der Waals surface area contributed by atoms with Gasteiger partial charge in [0.1, 0.15) is 0 Å². The maximum atomic E-state index is 12.8. The van der Waals surface area contributed by atoms with Crippen LogP contribution >= 0.6 is 0 Å². The lowest BCUT2D eigenvalue weighted by atomic mass is 9.68. The summed E-state index contributed by atoms with van der Waals surface area (Å²) in [6.07, 6.45) is 2.64. The summed E-state index contributed by atoms with van der Waals surface area (Å²) in [5, 5.41) is 8.93. The predicted octanol–water partition coefficient (Wildman–Crippen LogP) is 1.03. The topological polar surface area (TPSA) is 104 Å². The van der Waals surface area contributed by atoms with Crippen LogP contribution in [0.15, 0.2) is 29.2 Å². The number of carboxylic acid groups (broad SMARTS) is 1. The Kier molecular flexibility index (Phi) is 5.55. The minimum Gasteiger partial charge on any atom is -0.478 e. The number of ether oxygens (including phenoxy) is 1. The number of benzene rings is 1. The van der Waals surface area contributed by atoms with Crippen molar-refractivity contribution < 1.29 is 27.9 Å². The van der Waals surface area contributed by atoms with Gasteiger partial charge in [0.05, 0.1) is 22.5 Å². The van der Waals surface area contributed by atoms with E-state index >= 15 is 0 Å². The van der Waals surface area contributed by atoms with Gasteiger partial charge >= 0.3 is 5.97 Å². The second kappa shape index (κ2) is 7.57. The number of hydrogen-bond acceptors (Lipinski definition) is 5. The molecule has 0 spiro atoms. The van der Waals surface area contributed by atoms with E-state index in [1.54, 1.807) is 12.0 Å². The molecule has 27 heavy (non-hydrogen) atoms. The number of piperazine rings is 1. The summed E-state index contributed by atoms with van der Waals surface area (Å²) in [7, 11) is -2.12. The fourth-order valence-electron chi connectivity index (χ4n) is 3.69. The molecule has 9 heteroatoms. The van der Waals surface area contributed by atoms with Crippen LogP contribution in [0.5, 0.6) is 0 Å². The third-order valence-corrected chi connectivity index (χ3v) is 7.36. The number of hydrogen-bond donors (Lipinski definition) is 1. The summed E-state index contributed by atoms with van der Waals surface area (Å²) < 4.78 is 32.1. The quantitative estimate of drug-likeness (QED) is 0.770. The van der Waals surface area contributed by atoms with E-state index in [9.17, 15) is 18.0 Å². The number of amides is 1. The Bertz CT molecular complexity index is 809. The average molecular weight is 396 g/mol. The van der Waals surface area contributed by atoms with Crippen molar-refractivity contribution >= 4 is 21.9 Å². The van der Waals surface area contributed by atoms with E-state index in [2.05, 4.69) is 0 Å². The zero-order valence-electron chi connectivity index (χ0n) is 15.3. The molecule has 1 aromatic carbocycles. The zero-order valence-corrected chi connectivity index (χ0v) is 16.1. The largest absolute Gasteiger partial charge is 0.478 e. The van der Waals surface area contributed by atoms with Crippen LogP contribution in [0.2, 0.25) is 0 Å². The second-order valence-corrected chi connectivity index (χ2v) is 9.03. The number of methoxy groups -OCH3 is 1. The first-order valence-corrected chi connectivity index (χ1v) is 10.4. The summed E-state index contributed by atoms with van der Waals surface area (Å²) in [5.74, 6) is -1.05. The highest BCUT2D eigenvalue weighted by atomic mass is 32.2. The van der Waals surface area contributed by atoms with Crippen LogP contribution in [0.25, 0.3) is 0 Å². The van der Waals surface area contributed by atoms with Crippen molar-refractivity contribution in [3.8, 4) is 0 Å². The van der Waals surface area contributed by atoms with Crippen LogP contribution in [0, 0.1) is 5.41 Å². The van der Waals surface area contributed by atoms with Crippen LogP contribution < -0.4 is 0 Å². The van der Waals surface area contributed by atoms with Gasteiger partial charge in [-0.3, -0.25) is 4.79 Å². The van der Waals surface area contributed by atoms with Gasteiger partial charge in [0, 0.05) is 33.3 Å². The molecular formula is C18H24N2O6S. The van der Waals surface area contributed by atoms with Crippen molar-refractivity contribution in [2.75, 3.05) is 39.9 Å². The Morgan fingerprint density at radius 1 is 1.11 bits per heavy atom. The summed E-state index contributed by atoms with van der Waals surface area (Å²) >= 11 is 0. The van der Waals surface area contributed by atoms with Gasteiger partial charge in [-0.15, -0.1) is 0 Å². The number of sulfonamides is 1. The molecule has 0 bridgehead atoms. The lowest BCUT2D eigenvalue weighted by molar-refractivity contribution is -0.153. The number of aromatic carboxylic acids is 1. The lowest BCUT2D eigenvalue weighted by Gasteiger charge is -2.45. The third-order valence-electron chi connectivity index (χ3n) is 5.45. The number of carboxylic acids is 1. The van der Waals surface area contributed by atoms with E-state index in [1.165, 1.54) is 28.6 Å². The summed E-state index contributed by atoms with van der Waals surface area (Å²) in [5.41, 5.74) is -0.407. The van der Waals surface area contributed by atoms with Crippen LogP contribution in [0.1, 0.15) is 29.6 Å². The van der Waals surface area contributed by atoms with Crippen molar-refractivity contribution in [2.24, 2.45) is 5.41 Å². The van der Waals surface area contributed by atoms with Gasteiger partial charge in [-0.05, 0) is 37.1 Å². The molecule has 148 valence electrons. The van der Waals surface area contributed by atoms with Crippen LogP contribution in [0.4, 0.5) is 0 Å².